The van der Waals surface area contributed by atoms with Gasteiger partial charge >= 0.3 is 0 Å². The number of carbonyl (C=O) groups is 1. The lowest BCUT2D eigenvalue weighted by molar-refractivity contribution is -0.113. The van der Waals surface area contributed by atoms with Crippen molar-refractivity contribution in [2.45, 2.75) is 32.0 Å². The maximum atomic E-state index is 13.1. The number of nitrogens with one attached hydrogen (secondary N) is 1. The van der Waals surface area contributed by atoms with Gasteiger partial charge in [-0.1, -0.05) is 23.9 Å². The molecule has 1 N–H and O–H groups in total. The molecule has 2 heterocycles. The summed E-state index contributed by atoms with van der Waals surface area (Å²) in [5.74, 6) is 0.685. The molecule has 0 aliphatic rings. The van der Waals surface area contributed by atoms with Gasteiger partial charge in [0.05, 0.1) is 12.4 Å². The van der Waals surface area contributed by atoms with Gasteiger partial charge in [-0.3, -0.25) is 14.2 Å². The highest BCUT2D eigenvalue weighted by molar-refractivity contribution is 7.99. The third kappa shape index (κ3) is 4.29. The zero-order chi connectivity index (χ0) is 22.0. The van der Waals surface area contributed by atoms with E-state index in [-0.39, 0.29) is 28.8 Å². The minimum atomic E-state index is -0.245. The number of ether oxygens (including phenoxy) is 1. The Hall–Kier alpha value is -3.26. The number of aromatic nitrogens is 2. The standard InChI is InChI=1S/C23H23N3O4S/c1-4-29-16-11-9-15(10-12-16)24-19(27)13-31-23-25-20-17-7-5-6-8-18(17)30-21(20)22(28)26(23)14(2)3/h5-12,14H,4,13H2,1-3H3,(H,24,27). The van der Waals surface area contributed by atoms with E-state index in [0.29, 0.717) is 28.6 Å². The summed E-state index contributed by atoms with van der Waals surface area (Å²) in [6.07, 6.45) is 0. The Morgan fingerprint density at radius 1 is 1.19 bits per heavy atom. The smallest absolute Gasteiger partial charge is 0.298 e. The van der Waals surface area contributed by atoms with Gasteiger partial charge in [0.15, 0.2) is 5.16 Å². The van der Waals surface area contributed by atoms with Crippen molar-refractivity contribution in [1.82, 2.24) is 9.55 Å². The van der Waals surface area contributed by atoms with Crippen molar-refractivity contribution < 1.29 is 13.9 Å². The van der Waals surface area contributed by atoms with Crippen molar-refractivity contribution in [3.8, 4) is 5.75 Å². The van der Waals surface area contributed by atoms with Crippen LogP contribution in [0.5, 0.6) is 5.75 Å². The minimum Gasteiger partial charge on any atom is -0.494 e. The van der Waals surface area contributed by atoms with Crippen LogP contribution >= 0.6 is 11.8 Å². The quantitative estimate of drug-likeness (QED) is 0.328. The average molecular weight is 438 g/mol. The van der Waals surface area contributed by atoms with Gasteiger partial charge in [-0.25, -0.2) is 4.98 Å². The van der Waals surface area contributed by atoms with E-state index in [4.69, 9.17) is 14.1 Å². The number of anilines is 1. The van der Waals surface area contributed by atoms with Crippen molar-refractivity contribution in [3.63, 3.8) is 0 Å². The molecule has 0 unspecified atom stereocenters. The third-order valence-corrected chi connectivity index (χ3v) is 5.65. The van der Waals surface area contributed by atoms with E-state index in [2.05, 4.69) is 5.32 Å². The van der Waals surface area contributed by atoms with E-state index < -0.39 is 0 Å². The first-order valence-electron chi connectivity index (χ1n) is 10.1. The molecule has 0 aliphatic carbocycles. The molecule has 4 rings (SSSR count). The number of carbonyl (C=O) groups excluding carboxylic acids is 1. The first kappa shape index (κ1) is 21.0. The van der Waals surface area contributed by atoms with Crippen molar-refractivity contribution in [1.29, 1.82) is 0 Å². The van der Waals surface area contributed by atoms with Gasteiger partial charge in [-0.2, -0.15) is 0 Å². The Kier molecular flexibility index (Phi) is 5.99. The highest BCUT2D eigenvalue weighted by Crippen LogP contribution is 2.28. The van der Waals surface area contributed by atoms with Gasteiger partial charge in [0.1, 0.15) is 16.8 Å². The predicted molar refractivity (Wildman–Crippen MR) is 123 cm³/mol. The largest absolute Gasteiger partial charge is 0.494 e. The molecule has 0 spiro atoms. The number of thioether (sulfide) groups is 1. The molecular formula is C23H23N3O4S. The number of fused-ring (bicyclic) bond motifs is 3. The molecule has 1 amide bonds. The van der Waals surface area contributed by atoms with Gasteiger partial charge < -0.3 is 14.5 Å². The van der Waals surface area contributed by atoms with E-state index in [1.54, 1.807) is 16.7 Å². The normalized spacial score (nSPS) is 11.4. The van der Waals surface area contributed by atoms with Crippen LogP contribution in [-0.2, 0) is 4.79 Å². The van der Waals surface area contributed by atoms with Crippen molar-refractivity contribution in [2.24, 2.45) is 0 Å². The van der Waals surface area contributed by atoms with Gasteiger partial charge in [0.2, 0.25) is 11.5 Å². The highest BCUT2D eigenvalue weighted by atomic mass is 32.2. The zero-order valence-corrected chi connectivity index (χ0v) is 18.4. The van der Waals surface area contributed by atoms with Gasteiger partial charge in [0.25, 0.3) is 5.56 Å². The Morgan fingerprint density at radius 2 is 1.94 bits per heavy atom. The van der Waals surface area contributed by atoms with Crippen LogP contribution in [0, 0.1) is 0 Å². The van der Waals surface area contributed by atoms with Crippen molar-refractivity contribution in [3.05, 3.63) is 58.9 Å². The monoisotopic (exact) mass is 437 g/mol. The summed E-state index contributed by atoms with van der Waals surface area (Å²) < 4.78 is 12.7. The van der Waals surface area contributed by atoms with E-state index in [9.17, 15) is 9.59 Å². The molecule has 7 nitrogen and oxygen atoms in total. The van der Waals surface area contributed by atoms with Crippen LogP contribution in [0.2, 0.25) is 0 Å². The summed E-state index contributed by atoms with van der Waals surface area (Å²) in [6.45, 7) is 6.31. The fourth-order valence-electron chi connectivity index (χ4n) is 3.32. The molecule has 0 bridgehead atoms. The summed E-state index contributed by atoms with van der Waals surface area (Å²) in [6, 6.07) is 14.5. The Morgan fingerprint density at radius 3 is 2.65 bits per heavy atom. The van der Waals surface area contributed by atoms with Crippen LogP contribution in [-0.4, -0.2) is 27.8 Å². The molecule has 2 aromatic heterocycles. The van der Waals surface area contributed by atoms with Crippen LogP contribution in [0.3, 0.4) is 0 Å². The van der Waals surface area contributed by atoms with Crippen LogP contribution < -0.4 is 15.6 Å². The number of hydrogen-bond donors (Lipinski definition) is 1. The second-order valence-electron chi connectivity index (χ2n) is 7.23. The molecule has 0 saturated heterocycles. The summed E-state index contributed by atoms with van der Waals surface area (Å²) in [5, 5.41) is 4.13. The number of amides is 1. The minimum absolute atomic E-state index is 0.119. The Balaban J connectivity index is 1.58. The number of rotatable bonds is 7. The van der Waals surface area contributed by atoms with Crippen molar-refractivity contribution in [2.75, 3.05) is 17.7 Å². The zero-order valence-electron chi connectivity index (χ0n) is 17.5. The number of benzene rings is 2. The first-order chi connectivity index (χ1) is 15.0. The number of hydrogen-bond acceptors (Lipinski definition) is 6. The molecule has 0 atom stereocenters. The van der Waals surface area contributed by atoms with Crippen molar-refractivity contribution >= 4 is 45.4 Å². The molecule has 4 aromatic rings. The van der Waals surface area contributed by atoms with Gasteiger partial charge in [0, 0.05) is 17.1 Å². The molecule has 31 heavy (non-hydrogen) atoms. The molecule has 0 radical (unpaired) electrons. The van der Waals surface area contributed by atoms with E-state index in [1.165, 1.54) is 11.8 Å². The number of para-hydroxylation sites is 1. The van der Waals surface area contributed by atoms with E-state index >= 15 is 0 Å². The lowest BCUT2D eigenvalue weighted by Crippen LogP contribution is -2.25. The Labute approximate surface area is 183 Å². The van der Waals surface area contributed by atoms with E-state index in [1.807, 2.05) is 57.2 Å². The molecule has 8 heteroatoms. The molecule has 0 fully saturated rings. The van der Waals surface area contributed by atoms with E-state index in [0.717, 1.165) is 11.1 Å². The third-order valence-electron chi connectivity index (χ3n) is 4.69. The van der Waals surface area contributed by atoms with Gasteiger partial charge in [-0.15, -0.1) is 0 Å². The topological polar surface area (TPSA) is 86.4 Å². The number of furan rings is 1. The van der Waals surface area contributed by atoms with Crippen LogP contribution in [0.25, 0.3) is 22.1 Å². The summed E-state index contributed by atoms with van der Waals surface area (Å²) in [7, 11) is 0. The second kappa shape index (κ2) is 8.85. The second-order valence-corrected chi connectivity index (χ2v) is 8.18. The van der Waals surface area contributed by atoms with Gasteiger partial charge in [-0.05, 0) is 57.2 Å². The maximum absolute atomic E-state index is 13.1. The summed E-state index contributed by atoms with van der Waals surface area (Å²) in [4.78, 5) is 30.3. The Bertz CT molecular complexity index is 1290. The summed E-state index contributed by atoms with van der Waals surface area (Å²) >= 11 is 1.23. The average Bonchev–Trinajstić information content (AvgIpc) is 3.13. The molecular weight excluding hydrogens is 414 g/mol. The van der Waals surface area contributed by atoms with Crippen LogP contribution in [0.1, 0.15) is 26.8 Å². The lowest BCUT2D eigenvalue weighted by Gasteiger charge is -2.14. The first-order valence-corrected chi connectivity index (χ1v) is 11.1. The van der Waals surface area contributed by atoms with Crippen LogP contribution in [0.4, 0.5) is 5.69 Å². The molecule has 0 aliphatic heterocycles. The maximum Gasteiger partial charge on any atom is 0.298 e. The lowest BCUT2D eigenvalue weighted by atomic mass is 10.2. The molecule has 0 saturated carbocycles. The number of nitrogens with zero attached hydrogens (tertiary/aromatic N) is 2. The highest BCUT2D eigenvalue weighted by Gasteiger charge is 2.20. The SMILES string of the molecule is CCOc1ccc(NC(=O)CSc2nc3c(oc4ccccc43)c(=O)n2C(C)C)cc1. The summed E-state index contributed by atoms with van der Waals surface area (Å²) in [5.41, 5.74) is 1.81. The molecule has 2 aromatic carbocycles. The predicted octanol–water partition coefficient (Wildman–Crippen LogP) is 4.85. The molecule has 160 valence electrons. The fraction of sp³-hybridized carbons (Fsp3) is 0.261. The van der Waals surface area contributed by atoms with Crippen LogP contribution in [0.15, 0.2) is 62.9 Å². The fourth-order valence-corrected chi connectivity index (χ4v) is 4.24.